The summed E-state index contributed by atoms with van der Waals surface area (Å²) < 4.78 is 3.26. The normalized spacial score (nSPS) is 13.4. The van der Waals surface area contributed by atoms with E-state index in [1.165, 1.54) is 0 Å². The molecule has 2 N–H and O–H groups in total. The minimum Gasteiger partial charge on any atom is -0.246 e. The summed E-state index contributed by atoms with van der Waals surface area (Å²) in [6, 6.07) is 15.7. The molecular weight excluding hydrogens is 396 g/mol. The van der Waals surface area contributed by atoms with Crippen molar-refractivity contribution in [1.29, 1.82) is 0 Å². The fraction of sp³-hybridized carbons (Fsp3) is 0.111. The molecule has 28 heavy (non-hydrogen) atoms. The van der Waals surface area contributed by atoms with Gasteiger partial charge in [0.1, 0.15) is 11.6 Å². The Morgan fingerprint density at radius 3 is 1.61 bits per heavy atom. The fourth-order valence-corrected chi connectivity index (χ4v) is 5.08. The van der Waals surface area contributed by atoms with Crippen molar-refractivity contribution in [1.82, 2.24) is 29.5 Å². The Kier molecular flexibility index (Phi) is 4.21. The molecule has 6 rings (SSSR count). The highest BCUT2D eigenvalue weighted by atomic mass is 32.2. The molecule has 10 heteroatoms. The maximum atomic E-state index is 11.5. The third kappa shape index (κ3) is 2.81. The summed E-state index contributed by atoms with van der Waals surface area (Å²) in [5.74, 6) is 3.07. The summed E-state index contributed by atoms with van der Waals surface area (Å²) in [5, 5.41) is 12.8. The van der Waals surface area contributed by atoms with E-state index in [1.54, 1.807) is 32.7 Å². The number of para-hydroxylation sites is 2. The molecule has 0 bridgehead atoms. The van der Waals surface area contributed by atoms with Crippen LogP contribution in [0.5, 0.6) is 0 Å². The number of nitrogens with zero attached hydrogens (tertiary/aromatic N) is 4. The molecule has 0 spiro atoms. The van der Waals surface area contributed by atoms with Gasteiger partial charge in [-0.25, -0.2) is 28.9 Å². The molecule has 0 amide bonds. The lowest BCUT2D eigenvalue weighted by Crippen LogP contribution is -2.19. The van der Waals surface area contributed by atoms with Crippen molar-refractivity contribution in [3.05, 3.63) is 81.1 Å². The van der Waals surface area contributed by atoms with Crippen LogP contribution in [0.15, 0.2) is 67.9 Å². The second-order valence-corrected chi connectivity index (χ2v) is 8.11. The Balaban J connectivity index is 0.000000122. The van der Waals surface area contributed by atoms with Crippen molar-refractivity contribution in [3.63, 3.8) is 0 Å². The number of rotatable bonds is 0. The summed E-state index contributed by atoms with van der Waals surface area (Å²) in [4.78, 5) is 25.2. The Bertz CT molecular complexity index is 1190. The van der Waals surface area contributed by atoms with Crippen LogP contribution in [0.4, 0.5) is 0 Å². The number of thioether (sulfide) groups is 2. The van der Waals surface area contributed by atoms with E-state index in [1.807, 2.05) is 48.5 Å². The van der Waals surface area contributed by atoms with Crippen LogP contribution < -0.4 is 11.4 Å². The molecule has 4 aromatic rings. The number of nitrogens with one attached hydrogen (secondary N) is 2. The number of H-pyrrole nitrogens is 2. The summed E-state index contributed by atoms with van der Waals surface area (Å²) in [6.07, 6.45) is 0. The lowest BCUT2D eigenvalue weighted by atomic mass is 10.3. The maximum Gasteiger partial charge on any atom is 0.348 e. The first-order chi connectivity index (χ1) is 13.7. The van der Waals surface area contributed by atoms with Gasteiger partial charge < -0.3 is 0 Å². The van der Waals surface area contributed by atoms with Crippen LogP contribution >= 0.6 is 23.5 Å². The molecule has 140 valence electrons. The van der Waals surface area contributed by atoms with Gasteiger partial charge in [0.05, 0.1) is 22.9 Å². The van der Waals surface area contributed by atoms with Crippen molar-refractivity contribution in [2.75, 3.05) is 0 Å². The largest absolute Gasteiger partial charge is 0.348 e. The predicted octanol–water partition coefficient (Wildman–Crippen LogP) is 2.33. The molecule has 4 heterocycles. The standard InChI is InChI=1S/2C9H7N3OS/c2*13-9-11-10-8-5-14-7-4-2-1-3-6(7)12(8)9/h2*1-4H,5H2,(H,11,13). The smallest absolute Gasteiger partial charge is 0.246 e. The third-order valence-corrected chi connectivity index (χ3v) is 6.53. The van der Waals surface area contributed by atoms with E-state index in [2.05, 4.69) is 20.4 Å². The molecule has 2 aromatic carbocycles. The van der Waals surface area contributed by atoms with E-state index in [9.17, 15) is 9.59 Å². The lowest BCUT2D eigenvalue weighted by molar-refractivity contribution is 0.897. The van der Waals surface area contributed by atoms with Gasteiger partial charge in [0.25, 0.3) is 0 Å². The molecule has 0 fully saturated rings. The van der Waals surface area contributed by atoms with Crippen LogP contribution in [-0.4, -0.2) is 29.5 Å². The van der Waals surface area contributed by atoms with Gasteiger partial charge in [0.15, 0.2) is 0 Å². The van der Waals surface area contributed by atoms with Crippen molar-refractivity contribution in [2.45, 2.75) is 21.3 Å². The minimum atomic E-state index is -0.159. The van der Waals surface area contributed by atoms with Crippen LogP contribution in [0.3, 0.4) is 0 Å². The molecule has 8 nitrogen and oxygen atoms in total. The van der Waals surface area contributed by atoms with Crippen molar-refractivity contribution < 1.29 is 0 Å². The maximum absolute atomic E-state index is 11.5. The van der Waals surface area contributed by atoms with Gasteiger partial charge in [-0.1, -0.05) is 24.3 Å². The van der Waals surface area contributed by atoms with E-state index in [0.717, 1.165) is 44.3 Å². The summed E-state index contributed by atoms with van der Waals surface area (Å²) in [7, 11) is 0. The molecule has 0 saturated carbocycles. The van der Waals surface area contributed by atoms with Gasteiger partial charge in [-0.2, -0.15) is 10.2 Å². The van der Waals surface area contributed by atoms with Crippen LogP contribution in [0.2, 0.25) is 0 Å². The molecule has 0 saturated heterocycles. The molecule has 2 aliphatic rings. The van der Waals surface area contributed by atoms with Gasteiger partial charge in [-0.3, -0.25) is 0 Å². The van der Waals surface area contributed by atoms with Gasteiger partial charge in [-0.05, 0) is 24.3 Å². The van der Waals surface area contributed by atoms with Crippen LogP contribution in [0.25, 0.3) is 11.4 Å². The number of benzene rings is 2. The summed E-state index contributed by atoms with van der Waals surface area (Å²) >= 11 is 3.40. The number of aromatic amines is 2. The monoisotopic (exact) mass is 410 g/mol. The first kappa shape index (κ1) is 17.1. The highest BCUT2D eigenvalue weighted by Gasteiger charge is 2.19. The van der Waals surface area contributed by atoms with Crippen molar-refractivity contribution in [2.24, 2.45) is 0 Å². The molecule has 2 aromatic heterocycles. The van der Waals surface area contributed by atoms with Gasteiger partial charge in [0, 0.05) is 9.79 Å². The average molecular weight is 410 g/mol. The minimum absolute atomic E-state index is 0.159. The van der Waals surface area contributed by atoms with Crippen LogP contribution in [0.1, 0.15) is 11.6 Å². The summed E-state index contributed by atoms with van der Waals surface area (Å²) in [6.45, 7) is 0. The first-order valence-electron chi connectivity index (χ1n) is 8.49. The second kappa shape index (κ2) is 6.88. The van der Waals surface area contributed by atoms with E-state index < -0.39 is 0 Å². The van der Waals surface area contributed by atoms with Crippen LogP contribution in [0, 0.1) is 0 Å². The number of hydrogen-bond donors (Lipinski definition) is 2. The zero-order valence-electron chi connectivity index (χ0n) is 14.5. The average Bonchev–Trinajstić information content (AvgIpc) is 3.32. The quantitative estimate of drug-likeness (QED) is 0.461. The zero-order chi connectivity index (χ0) is 19.1. The van der Waals surface area contributed by atoms with Gasteiger partial charge in [0.2, 0.25) is 0 Å². The van der Waals surface area contributed by atoms with E-state index in [-0.39, 0.29) is 11.4 Å². The highest BCUT2D eigenvalue weighted by Crippen LogP contribution is 2.33. The Morgan fingerprint density at radius 1 is 0.714 bits per heavy atom. The van der Waals surface area contributed by atoms with Gasteiger partial charge >= 0.3 is 11.4 Å². The Hall–Kier alpha value is -2.98. The Morgan fingerprint density at radius 2 is 1.14 bits per heavy atom. The SMILES string of the molecule is O=c1[nH]nc2n1-c1ccccc1SC2.O=c1[nH]nc2n1-c1ccccc1SC2. The number of aromatic nitrogens is 6. The zero-order valence-corrected chi connectivity index (χ0v) is 16.1. The topological polar surface area (TPSA) is 101 Å². The predicted molar refractivity (Wildman–Crippen MR) is 107 cm³/mol. The van der Waals surface area contributed by atoms with Gasteiger partial charge in [-0.15, -0.1) is 23.5 Å². The highest BCUT2D eigenvalue weighted by molar-refractivity contribution is 7.99. The van der Waals surface area contributed by atoms with E-state index >= 15 is 0 Å². The molecule has 0 atom stereocenters. The summed E-state index contributed by atoms with van der Waals surface area (Å²) in [5.41, 5.74) is 1.54. The number of fused-ring (bicyclic) bond motifs is 6. The first-order valence-corrected chi connectivity index (χ1v) is 10.5. The fourth-order valence-electron chi connectivity index (χ4n) is 3.16. The number of hydrogen-bond acceptors (Lipinski definition) is 6. The molecular formula is C18H14N6O2S2. The van der Waals surface area contributed by atoms with E-state index in [4.69, 9.17) is 0 Å². The van der Waals surface area contributed by atoms with Crippen molar-refractivity contribution >= 4 is 23.5 Å². The lowest BCUT2D eigenvalue weighted by Gasteiger charge is -2.15. The van der Waals surface area contributed by atoms with E-state index in [0.29, 0.717) is 0 Å². The molecule has 0 radical (unpaired) electrons. The molecule has 0 aliphatic carbocycles. The van der Waals surface area contributed by atoms with Crippen molar-refractivity contribution in [3.8, 4) is 11.4 Å². The molecule has 0 unspecified atom stereocenters. The second-order valence-electron chi connectivity index (χ2n) is 6.07. The molecule has 2 aliphatic heterocycles. The Labute approximate surface area is 167 Å². The third-order valence-electron chi connectivity index (χ3n) is 4.41. The van der Waals surface area contributed by atoms with Crippen LogP contribution in [-0.2, 0) is 11.5 Å².